The summed E-state index contributed by atoms with van der Waals surface area (Å²) in [7, 11) is 0. The number of nitrogens with one attached hydrogen (secondary N) is 2. The van der Waals surface area contributed by atoms with Crippen molar-refractivity contribution in [1.29, 1.82) is 0 Å². The second-order valence-electron chi connectivity index (χ2n) is 3.27. The molecular weight excluding hydrogens is 188 g/mol. The van der Waals surface area contributed by atoms with E-state index in [-0.39, 0.29) is 5.91 Å². The number of aromatic nitrogens is 1. The molecule has 0 fully saturated rings. The first-order valence-electron chi connectivity index (χ1n) is 4.80. The van der Waals surface area contributed by atoms with Crippen LogP contribution in [0.5, 0.6) is 0 Å². The molecule has 3 nitrogen and oxygen atoms in total. The summed E-state index contributed by atoms with van der Waals surface area (Å²) in [6, 6.07) is 7.73. The van der Waals surface area contributed by atoms with E-state index in [9.17, 15) is 4.79 Å². The second kappa shape index (κ2) is 4.00. The number of amides is 1. The van der Waals surface area contributed by atoms with Crippen molar-refractivity contribution in [2.45, 2.75) is 6.92 Å². The summed E-state index contributed by atoms with van der Waals surface area (Å²) in [6.07, 6.45) is 5.09. The number of aromatic amines is 1. The lowest BCUT2D eigenvalue weighted by Crippen LogP contribution is -2.07. The minimum absolute atomic E-state index is 0.104. The van der Waals surface area contributed by atoms with Crippen molar-refractivity contribution < 1.29 is 4.79 Å². The summed E-state index contributed by atoms with van der Waals surface area (Å²) in [5.41, 5.74) is 1.88. The van der Waals surface area contributed by atoms with Crippen LogP contribution < -0.4 is 5.32 Å². The summed E-state index contributed by atoms with van der Waals surface area (Å²) < 4.78 is 0. The van der Waals surface area contributed by atoms with Gasteiger partial charge in [0, 0.05) is 22.8 Å². The predicted molar refractivity (Wildman–Crippen MR) is 61.7 cm³/mol. The maximum absolute atomic E-state index is 11.3. The van der Waals surface area contributed by atoms with E-state index in [0.29, 0.717) is 0 Å². The zero-order valence-electron chi connectivity index (χ0n) is 8.45. The molecule has 0 unspecified atom stereocenters. The third kappa shape index (κ3) is 2.07. The Morgan fingerprint density at radius 3 is 3.07 bits per heavy atom. The third-order valence-corrected chi connectivity index (χ3v) is 2.14. The molecule has 1 aromatic heterocycles. The minimum Gasteiger partial charge on any atom is -0.361 e. The Hall–Kier alpha value is -2.03. The van der Waals surface area contributed by atoms with Gasteiger partial charge in [0.25, 0.3) is 0 Å². The van der Waals surface area contributed by atoms with Crippen LogP contribution in [0.25, 0.3) is 10.9 Å². The number of H-pyrrole nitrogens is 1. The first-order valence-corrected chi connectivity index (χ1v) is 4.80. The molecule has 76 valence electrons. The first-order chi connectivity index (χ1) is 7.29. The van der Waals surface area contributed by atoms with E-state index in [1.165, 1.54) is 6.08 Å². The number of benzene rings is 1. The summed E-state index contributed by atoms with van der Waals surface area (Å²) in [6.45, 7) is 1.81. The van der Waals surface area contributed by atoms with Crippen LogP contribution in [0, 0.1) is 0 Å². The zero-order chi connectivity index (χ0) is 10.7. The maximum atomic E-state index is 11.3. The van der Waals surface area contributed by atoms with E-state index < -0.39 is 0 Å². The number of hydrogen-bond donors (Lipinski definition) is 2. The molecule has 0 saturated carbocycles. The van der Waals surface area contributed by atoms with Gasteiger partial charge in [0.2, 0.25) is 5.91 Å². The highest BCUT2D eigenvalue weighted by Crippen LogP contribution is 2.17. The van der Waals surface area contributed by atoms with Gasteiger partial charge in [-0.15, -0.1) is 0 Å². The standard InChI is InChI=1S/C12H12N2O/c1-2-3-12(15)14-10-4-5-11-9(8-10)6-7-13-11/h2-8,13H,1H3,(H,14,15). The van der Waals surface area contributed by atoms with Crippen LogP contribution >= 0.6 is 0 Å². The number of rotatable bonds is 2. The van der Waals surface area contributed by atoms with E-state index in [4.69, 9.17) is 0 Å². The molecule has 0 radical (unpaired) electrons. The Labute approximate surface area is 87.8 Å². The van der Waals surface area contributed by atoms with Crippen LogP contribution in [0.15, 0.2) is 42.6 Å². The van der Waals surface area contributed by atoms with Crippen molar-refractivity contribution in [3.8, 4) is 0 Å². The number of fused-ring (bicyclic) bond motifs is 1. The van der Waals surface area contributed by atoms with Gasteiger partial charge in [-0.1, -0.05) is 6.08 Å². The molecule has 0 aliphatic heterocycles. The van der Waals surface area contributed by atoms with E-state index in [0.717, 1.165) is 16.6 Å². The largest absolute Gasteiger partial charge is 0.361 e. The van der Waals surface area contributed by atoms with Gasteiger partial charge in [0.15, 0.2) is 0 Å². The molecule has 0 aliphatic rings. The molecule has 1 heterocycles. The maximum Gasteiger partial charge on any atom is 0.248 e. The number of allylic oxidation sites excluding steroid dienone is 1. The van der Waals surface area contributed by atoms with Crippen molar-refractivity contribution in [3.05, 3.63) is 42.6 Å². The van der Waals surface area contributed by atoms with Gasteiger partial charge in [-0.25, -0.2) is 0 Å². The average molecular weight is 200 g/mol. The molecule has 2 aromatic rings. The van der Waals surface area contributed by atoms with Gasteiger partial charge >= 0.3 is 0 Å². The molecule has 0 spiro atoms. The first kappa shape index (κ1) is 9.52. The van der Waals surface area contributed by atoms with Gasteiger partial charge in [0.05, 0.1) is 0 Å². The van der Waals surface area contributed by atoms with Gasteiger partial charge in [-0.05, 0) is 37.3 Å². The van der Waals surface area contributed by atoms with Crippen LogP contribution in [0.1, 0.15) is 6.92 Å². The van der Waals surface area contributed by atoms with E-state index in [1.54, 1.807) is 6.08 Å². The van der Waals surface area contributed by atoms with Crippen LogP contribution in [0.3, 0.4) is 0 Å². The molecule has 3 heteroatoms. The van der Waals surface area contributed by atoms with Crippen molar-refractivity contribution in [1.82, 2.24) is 4.98 Å². The molecular formula is C12H12N2O. The van der Waals surface area contributed by atoms with E-state index in [2.05, 4.69) is 10.3 Å². The van der Waals surface area contributed by atoms with Crippen LogP contribution in [-0.4, -0.2) is 10.9 Å². The lowest BCUT2D eigenvalue weighted by atomic mass is 10.2. The lowest BCUT2D eigenvalue weighted by Gasteiger charge is -2.01. The highest BCUT2D eigenvalue weighted by atomic mass is 16.1. The Bertz CT molecular complexity index is 511. The Kier molecular flexibility index (Phi) is 2.54. The van der Waals surface area contributed by atoms with Crippen molar-refractivity contribution in [2.24, 2.45) is 0 Å². The van der Waals surface area contributed by atoms with E-state index in [1.807, 2.05) is 37.4 Å². The topological polar surface area (TPSA) is 44.9 Å². The molecule has 2 N–H and O–H groups in total. The normalized spacial score (nSPS) is 11.0. The van der Waals surface area contributed by atoms with Crippen LogP contribution in [-0.2, 0) is 4.79 Å². The monoisotopic (exact) mass is 200 g/mol. The number of carbonyl (C=O) groups excluding carboxylic acids is 1. The highest BCUT2D eigenvalue weighted by molar-refractivity contribution is 6.00. The number of anilines is 1. The van der Waals surface area contributed by atoms with Crippen molar-refractivity contribution in [3.63, 3.8) is 0 Å². The minimum atomic E-state index is -0.104. The number of carbonyl (C=O) groups is 1. The van der Waals surface area contributed by atoms with Gasteiger partial charge in [-0.3, -0.25) is 4.79 Å². The zero-order valence-corrected chi connectivity index (χ0v) is 8.45. The summed E-state index contributed by atoms with van der Waals surface area (Å²) in [4.78, 5) is 14.4. The molecule has 0 bridgehead atoms. The lowest BCUT2D eigenvalue weighted by molar-refractivity contribution is -0.111. The quantitative estimate of drug-likeness (QED) is 0.719. The summed E-state index contributed by atoms with van der Waals surface area (Å²) in [5.74, 6) is -0.104. The molecule has 0 atom stereocenters. The Morgan fingerprint density at radius 1 is 1.40 bits per heavy atom. The Morgan fingerprint density at radius 2 is 2.27 bits per heavy atom. The molecule has 1 amide bonds. The van der Waals surface area contributed by atoms with Crippen LogP contribution in [0.2, 0.25) is 0 Å². The number of hydrogen-bond acceptors (Lipinski definition) is 1. The third-order valence-electron chi connectivity index (χ3n) is 2.14. The van der Waals surface area contributed by atoms with Crippen molar-refractivity contribution >= 4 is 22.5 Å². The summed E-state index contributed by atoms with van der Waals surface area (Å²) >= 11 is 0. The van der Waals surface area contributed by atoms with Crippen LogP contribution in [0.4, 0.5) is 5.69 Å². The Balaban J connectivity index is 2.24. The molecule has 0 saturated heterocycles. The smallest absolute Gasteiger partial charge is 0.248 e. The predicted octanol–water partition coefficient (Wildman–Crippen LogP) is 2.68. The fourth-order valence-corrected chi connectivity index (χ4v) is 1.47. The molecule has 1 aromatic carbocycles. The highest BCUT2D eigenvalue weighted by Gasteiger charge is 1.99. The molecule has 15 heavy (non-hydrogen) atoms. The fourth-order valence-electron chi connectivity index (χ4n) is 1.47. The van der Waals surface area contributed by atoms with Crippen molar-refractivity contribution in [2.75, 3.05) is 5.32 Å². The average Bonchev–Trinajstić information content (AvgIpc) is 2.65. The summed E-state index contributed by atoms with van der Waals surface area (Å²) in [5, 5.41) is 3.88. The molecule has 0 aliphatic carbocycles. The SMILES string of the molecule is CC=CC(=O)Nc1ccc2[nH]ccc2c1. The molecule has 2 rings (SSSR count). The van der Waals surface area contributed by atoms with Gasteiger partial charge in [-0.2, -0.15) is 0 Å². The second-order valence-corrected chi connectivity index (χ2v) is 3.27. The van der Waals surface area contributed by atoms with E-state index >= 15 is 0 Å². The fraction of sp³-hybridized carbons (Fsp3) is 0.0833. The van der Waals surface area contributed by atoms with Gasteiger partial charge < -0.3 is 10.3 Å². The van der Waals surface area contributed by atoms with Gasteiger partial charge in [0.1, 0.15) is 0 Å².